The van der Waals surface area contributed by atoms with Crippen LogP contribution in [-0.4, -0.2) is 10.4 Å². The average molecular weight is 202 g/mol. The van der Waals surface area contributed by atoms with E-state index in [0.29, 0.717) is 0 Å². The van der Waals surface area contributed by atoms with Gasteiger partial charge in [-0.2, -0.15) is 0 Å². The highest BCUT2D eigenvalue weighted by Gasteiger charge is 2.25. The molecule has 0 fully saturated rings. The Balaban J connectivity index is 2.41. The van der Waals surface area contributed by atoms with Crippen LogP contribution in [0.2, 0.25) is 0 Å². The monoisotopic (exact) mass is 202 g/mol. The summed E-state index contributed by atoms with van der Waals surface area (Å²) in [4.78, 5) is 2.23. The summed E-state index contributed by atoms with van der Waals surface area (Å²) >= 11 is 0. The van der Waals surface area contributed by atoms with Gasteiger partial charge in [-0.3, -0.25) is 0 Å². The van der Waals surface area contributed by atoms with Gasteiger partial charge in [0.15, 0.2) is 0 Å². The number of fused-ring (bicyclic) bond motifs is 1. The minimum absolute atomic E-state index is 0.0775. The second kappa shape index (κ2) is 3.30. The smallest absolute Gasteiger partial charge is 0.0999 e. The van der Waals surface area contributed by atoms with Crippen LogP contribution in [-0.2, 0) is 6.54 Å². The first-order valence-corrected chi connectivity index (χ1v) is 5.31. The molecular formula is C13H18N2. The van der Waals surface area contributed by atoms with Gasteiger partial charge in [-0.15, -0.1) is 0 Å². The van der Waals surface area contributed by atoms with Crippen LogP contribution in [0.4, 0.5) is 0 Å². The lowest BCUT2D eigenvalue weighted by molar-refractivity contribution is 0.173. The maximum Gasteiger partial charge on any atom is 0.0999 e. The van der Waals surface area contributed by atoms with Gasteiger partial charge in [0.2, 0.25) is 0 Å². The summed E-state index contributed by atoms with van der Waals surface area (Å²) in [6, 6.07) is 8.41. The predicted octanol–water partition coefficient (Wildman–Crippen LogP) is 2.56. The van der Waals surface area contributed by atoms with E-state index in [2.05, 4.69) is 56.0 Å². The molecule has 0 spiro atoms. The molecule has 0 atom stereocenters. The Hall–Kier alpha value is -1.44. The molecule has 1 aliphatic rings. The summed E-state index contributed by atoms with van der Waals surface area (Å²) in [7, 11) is 0. The second-order valence-corrected chi connectivity index (χ2v) is 5.02. The Morgan fingerprint density at radius 3 is 2.53 bits per heavy atom. The van der Waals surface area contributed by atoms with E-state index >= 15 is 0 Å². The van der Waals surface area contributed by atoms with Crippen LogP contribution in [0.3, 0.4) is 0 Å². The number of hydrogen-bond acceptors (Lipinski definition) is 2. The van der Waals surface area contributed by atoms with Gasteiger partial charge >= 0.3 is 0 Å². The fourth-order valence-electron chi connectivity index (χ4n) is 1.94. The Bertz CT molecular complexity index is 399. The maximum atomic E-state index is 6.07. The van der Waals surface area contributed by atoms with Gasteiger partial charge in [0.05, 0.1) is 5.82 Å². The molecule has 0 saturated carbocycles. The minimum atomic E-state index is 0.0775. The second-order valence-electron chi connectivity index (χ2n) is 5.02. The van der Waals surface area contributed by atoms with Crippen molar-refractivity contribution in [2.75, 3.05) is 0 Å². The standard InChI is InChI=1S/C13H18N2/c1-13(2,3)15-9-11-7-5-4-6-10(11)8-12(15)14/h4-8H,9,14H2,1-3H3. The quantitative estimate of drug-likeness (QED) is 0.700. The van der Waals surface area contributed by atoms with Crippen LogP contribution >= 0.6 is 0 Å². The molecule has 15 heavy (non-hydrogen) atoms. The summed E-state index contributed by atoms with van der Waals surface area (Å²) in [5.74, 6) is 0.862. The average Bonchev–Trinajstić information content (AvgIpc) is 2.15. The third kappa shape index (κ3) is 1.84. The van der Waals surface area contributed by atoms with Crippen molar-refractivity contribution < 1.29 is 0 Å². The molecule has 2 nitrogen and oxygen atoms in total. The number of hydrogen-bond donors (Lipinski definition) is 1. The molecule has 2 heteroatoms. The molecule has 0 radical (unpaired) electrons. The number of nitrogens with two attached hydrogens (primary N) is 1. The van der Waals surface area contributed by atoms with E-state index in [-0.39, 0.29) is 5.54 Å². The molecule has 2 rings (SSSR count). The zero-order valence-corrected chi connectivity index (χ0v) is 9.62. The van der Waals surface area contributed by atoms with Gasteiger partial charge < -0.3 is 10.6 Å². The van der Waals surface area contributed by atoms with Gasteiger partial charge in [0.25, 0.3) is 0 Å². The van der Waals surface area contributed by atoms with E-state index in [1.54, 1.807) is 0 Å². The third-order valence-electron chi connectivity index (χ3n) is 2.81. The van der Waals surface area contributed by atoms with Crippen LogP contribution < -0.4 is 5.73 Å². The first kappa shape index (κ1) is 10.1. The van der Waals surface area contributed by atoms with Crippen molar-refractivity contribution in [1.29, 1.82) is 0 Å². The molecule has 1 aliphatic heterocycles. The van der Waals surface area contributed by atoms with Crippen LogP contribution in [0.15, 0.2) is 30.1 Å². The highest BCUT2D eigenvalue weighted by atomic mass is 15.2. The number of benzene rings is 1. The molecule has 0 aliphatic carbocycles. The van der Waals surface area contributed by atoms with Crippen molar-refractivity contribution in [3.8, 4) is 0 Å². The van der Waals surface area contributed by atoms with Crippen molar-refractivity contribution >= 4 is 6.08 Å². The molecule has 1 heterocycles. The topological polar surface area (TPSA) is 29.3 Å². The number of rotatable bonds is 0. The summed E-state index contributed by atoms with van der Waals surface area (Å²) < 4.78 is 0. The van der Waals surface area contributed by atoms with E-state index in [0.717, 1.165) is 12.4 Å². The summed E-state index contributed by atoms with van der Waals surface area (Å²) in [6.07, 6.45) is 2.06. The first-order chi connectivity index (χ1) is 6.98. The van der Waals surface area contributed by atoms with E-state index in [9.17, 15) is 0 Å². The lowest BCUT2D eigenvalue weighted by Gasteiger charge is -2.40. The third-order valence-corrected chi connectivity index (χ3v) is 2.81. The summed E-state index contributed by atoms with van der Waals surface area (Å²) in [6.45, 7) is 7.45. The molecule has 0 saturated heterocycles. The zero-order valence-electron chi connectivity index (χ0n) is 9.62. The van der Waals surface area contributed by atoms with Crippen LogP contribution in [0.1, 0.15) is 31.9 Å². The van der Waals surface area contributed by atoms with Crippen molar-refractivity contribution in [2.24, 2.45) is 5.73 Å². The molecular weight excluding hydrogens is 184 g/mol. The highest BCUT2D eigenvalue weighted by molar-refractivity contribution is 5.58. The van der Waals surface area contributed by atoms with Gasteiger partial charge in [-0.05, 0) is 38.0 Å². The molecule has 0 bridgehead atoms. The Kier molecular flexibility index (Phi) is 2.22. The van der Waals surface area contributed by atoms with Crippen LogP contribution in [0, 0.1) is 0 Å². The molecule has 1 aromatic rings. The largest absolute Gasteiger partial charge is 0.385 e. The maximum absolute atomic E-state index is 6.07. The fourth-order valence-corrected chi connectivity index (χ4v) is 1.94. The normalized spacial score (nSPS) is 15.9. The molecule has 1 aromatic carbocycles. The molecule has 0 unspecified atom stereocenters. The molecule has 80 valence electrons. The lowest BCUT2D eigenvalue weighted by Crippen LogP contribution is -2.43. The van der Waals surface area contributed by atoms with Crippen molar-refractivity contribution in [3.63, 3.8) is 0 Å². The van der Waals surface area contributed by atoms with Gasteiger partial charge in [-0.1, -0.05) is 24.3 Å². The van der Waals surface area contributed by atoms with Gasteiger partial charge in [0, 0.05) is 12.1 Å². The molecule has 0 aromatic heterocycles. The van der Waals surface area contributed by atoms with Gasteiger partial charge in [0.1, 0.15) is 0 Å². The van der Waals surface area contributed by atoms with Crippen molar-refractivity contribution in [2.45, 2.75) is 32.9 Å². The Morgan fingerprint density at radius 1 is 1.20 bits per heavy atom. The lowest BCUT2D eigenvalue weighted by atomic mass is 9.98. The summed E-state index contributed by atoms with van der Waals surface area (Å²) in [5.41, 5.74) is 8.74. The van der Waals surface area contributed by atoms with Gasteiger partial charge in [-0.25, -0.2) is 0 Å². The fraction of sp³-hybridized carbons (Fsp3) is 0.385. The zero-order chi connectivity index (χ0) is 11.1. The van der Waals surface area contributed by atoms with E-state index in [4.69, 9.17) is 5.73 Å². The minimum Gasteiger partial charge on any atom is -0.385 e. The van der Waals surface area contributed by atoms with Crippen molar-refractivity contribution in [3.05, 3.63) is 41.2 Å². The van der Waals surface area contributed by atoms with E-state index in [1.807, 2.05) is 0 Å². The number of nitrogens with zero attached hydrogens (tertiary/aromatic N) is 1. The Morgan fingerprint density at radius 2 is 1.87 bits per heavy atom. The van der Waals surface area contributed by atoms with Crippen LogP contribution in [0.5, 0.6) is 0 Å². The van der Waals surface area contributed by atoms with Crippen LogP contribution in [0.25, 0.3) is 6.08 Å². The van der Waals surface area contributed by atoms with Crippen molar-refractivity contribution in [1.82, 2.24) is 4.90 Å². The van der Waals surface area contributed by atoms with E-state index < -0.39 is 0 Å². The molecule has 2 N–H and O–H groups in total. The SMILES string of the molecule is CC(C)(C)N1Cc2ccccc2C=C1N. The summed E-state index contributed by atoms with van der Waals surface area (Å²) in [5, 5.41) is 0. The first-order valence-electron chi connectivity index (χ1n) is 5.31. The highest BCUT2D eigenvalue weighted by Crippen LogP contribution is 2.27. The van der Waals surface area contributed by atoms with E-state index in [1.165, 1.54) is 11.1 Å². The predicted molar refractivity (Wildman–Crippen MR) is 63.9 cm³/mol. The molecule has 0 amide bonds. The Labute approximate surface area is 91.4 Å².